The van der Waals surface area contributed by atoms with E-state index < -0.39 is 0 Å². The van der Waals surface area contributed by atoms with Crippen molar-refractivity contribution in [2.45, 2.75) is 13.8 Å². The van der Waals surface area contributed by atoms with Crippen molar-refractivity contribution in [3.8, 4) is 21.8 Å². The molecule has 26 heavy (non-hydrogen) atoms. The van der Waals surface area contributed by atoms with E-state index in [-0.39, 0.29) is 0 Å². The molecule has 128 valence electrons. The normalized spacial score (nSPS) is 10.7. The van der Waals surface area contributed by atoms with Crippen LogP contribution in [0.5, 0.6) is 0 Å². The second-order valence-corrected chi connectivity index (χ2v) is 6.96. The lowest BCUT2D eigenvalue weighted by Gasteiger charge is -2.06. The molecule has 1 N–H and O–H groups in total. The number of nitrogens with one attached hydrogen (secondary N) is 1. The van der Waals surface area contributed by atoms with Crippen molar-refractivity contribution in [1.82, 2.24) is 15.0 Å². The Balaban J connectivity index is 1.55. The van der Waals surface area contributed by atoms with E-state index in [2.05, 4.69) is 64.0 Å². The number of aromatic nitrogens is 3. The van der Waals surface area contributed by atoms with Gasteiger partial charge in [0.25, 0.3) is 0 Å². The highest BCUT2D eigenvalue weighted by atomic mass is 32.1. The summed E-state index contributed by atoms with van der Waals surface area (Å²) >= 11 is 1.68. The molecule has 5 heteroatoms. The third-order valence-corrected chi connectivity index (χ3v) is 5.01. The molecule has 2 aromatic heterocycles. The van der Waals surface area contributed by atoms with Crippen molar-refractivity contribution in [1.29, 1.82) is 0 Å². The molecule has 0 fully saturated rings. The Labute approximate surface area is 156 Å². The van der Waals surface area contributed by atoms with E-state index in [1.807, 2.05) is 25.1 Å². The lowest BCUT2D eigenvalue weighted by Crippen LogP contribution is -1.95. The minimum Gasteiger partial charge on any atom is -0.340 e. The van der Waals surface area contributed by atoms with Gasteiger partial charge in [-0.05, 0) is 31.5 Å². The summed E-state index contributed by atoms with van der Waals surface area (Å²) in [6.07, 6.45) is 1.56. The van der Waals surface area contributed by atoms with Gasteiger partial charge in [0.1, 0.15) is 17.2 Å². The molecule has 0 aliphatic carbocycles. The fourth-order valence-electron chi connectivity index (χ4n) is 2.74. The first-order valence-electron chi connectivity index (χ1n) is 8.37. The Morgan fingerprint density at radius 1 is 0.923 bits per heavy atom. The first-order chi connectivity index (χ1) is 12.7. The number of thiazole rings is 1. The van der Waals surface area contributed by atoms with Crippen molar-refractivity contribution in [2.24, 2.45) is 0 Å². The van der Waals surface area contributed by atoms with E-state index >= 15 is 0 Å². The summed E-state index contributed by atoms with van der Waals surface area (Å²) in [5.41, 5.74) is 6.46. The Bertz CT molecular complexity index is 1040. The van der Waals surface area contributed by atoms with Crippen LogP contribution in [-0.2, 0) is 0 Å². The zero-order valence-electron chi connectivity index (χ0n) is 14.6. The fourth-order valence-corrected chi connectivity index (χ4v) is 3.66. The van der Waals surface area contributed by atoms with Gasteiger partial charge in [-0.3, -0.25) is 0 Å². The van der Waals surface area contributed by atoms with Gasteiger partial charge in [0, 0.05) is 34.0 Å². The Kier molecular flexibility index (Phi) is 4.46. The van der Waals surface area contributed by atoms with Crippen LogP contribution in [0, 0.1) is 13.8 Å². The molecule has 0 radical (unpaired) electrons. The van der Waals surface area contributed by atoms with Gasteiger partial charge in [-0.15, -0.1) is 11.3 Å². The molecule has 0 bridgehead atoms. The highest BCUT2D eigenvalue weighted by Gasteiger charge is 2.08. The summed E-state index contributed by atoms with van der Waals surface area (Å²) < 4.78 is 0. The molecule has 0 spiro atoms. The second kappa shape index (κ2) is 7.06. The zero-order valence-corrected chi connectivity index (χ0v) is 15.4. The number of hydrogen-bond donors (Lipinski definition) is 1. The number of benzene rings is 2. The van der Waals surface area contributed by atoms with Gasteiger partial charge >= 0.3 is 0 Å². The highest BCUT2D eigenvalue weighted by Crippen LogP contribution is 2.31. The van der Waals surface area contributed by atoms with Crippen LogP contribution in [0.1, 0.15) is 11.3 Å². The van der Waals surface area contributed by atoms with Gasteiger partial charge in [0.15, 0.2) is 0 Å². The summed E-state index contributed by atoms with van der Waals surface area (Å²) in [6.45, 7) is 4.07. The summed E-state index contributed by atoms with van der Waals surface area (Å²) in [6, 6.07) is 18.5. The molecule has 4 aromatic rings. The molecule has 2 aromatic carbocycles. The molecule has 0 saturated carbocycles. The average Bonchev–Trinajstić information content (AvgIpc) is 3.13. The number of anilines is 2. The SMILES string of the molecule is Cc1cc(Nc2ccc(-c3csc(-c4ccccc4C)n3)cc2)ncn1. The Morgan fingerprint density at radius 2 is 1.73 bits per heavy atom. The topological polar surface area (TPSA) is 50.7 Å². The fraction of sp³-hybridized carbons (Fsp3) is 0.0952. The predicted octanol–water partition coefficient (Wildman–Crippen LogP) is 5.63. The molecule has 0 aliphatic rings. The second-order valence-electron chi connectivity index (χ2n) is 6.10. The lowest BCUT2D eigenvalue weighted by molar-refractivity contribution is 1.10. The summed E-state index contributed by atoms with van der Waals surface area (Å²) in [5, 5.41) is 6.45. The average molecular weight is 358 g/mol. The van der Waals surface area contributed by atoms with Crippen LogP contribution in [-0.4, -0.2) is 15.0 Å². The van der Waals surface area contributed by atoms with E-state index in [4.69, 9.17) is 4.98 Å². The van der Waals surface area contributed by atoms with E-state index in [9.17, 15) is 0 Å². The van der Waals surface area contributed by atoms with E-state index in [1.165, 1.54) is 11.1 Å². The maximum absolute atomic E-state index is 4.81. The Hall–Kier alpha value is -3.05. The number of nitrogens with zero attached hydrogens (tertiary/aromatic N) is 3. The van der Waals surface area contributed by atoms with Crippen LogP contribution in [0.2, 0.25) is 0 Å². The van der Waals surface area contributed by atoms with E-state index in [1.54, 1.807) is 17.7 Å². The summed E-state index contributed by atoms with van der Waals surface area (Å²) in [7, 11) is 0. The number of hydrogen-bond acceptors (Lipinski definition) is 5. The van der Waals surface area contributed by atoms with E-state index in [0.717, 1.165) is 33.5 Å². The van der Waals surface area contributed by atoms with Crippen molar-refractivity contribution in [2.75, 3.05) is 5.32 Å². The number of rotatable bonds is 4. The molecule has 2 heterocycles. The monoisotopic (exact) mass is 358 g/mol. The molecule has 0 unspecified atom stereocenters. The molecule has 4 rings (SSSR count). The molecule has 0 atom stereocenters. The van der Waals surface area contributed by atoms with Gasteiger partial charge in [-0.2, -0.15) is 0 Å². The standard InChI is InChI=1S/C21H18N4S/c1-14-5-3-4-6-18(14)21-25-19(12-26-21)16-7-9-17(10-8-16)24-20-11-15(2)22-13-23-20/h3-13H,1-2H3,(H,22,23,24). The quantitative estimate of drug-likeness (QED) is 0.514. The van der Waals surface area contributed by atoms with Crippen LogP contribution in [0.25, 0.3) is 21.8 Å². The molecular formula is C21H18N4S. The smallest absolute Gasteiger partial charge is 0.133 e. The van der Waals surface area contributed by atoms with Gasteiger partial charge < -0.3 is 5.32 Å². The minimum absolute atomic E-state index is 0.792. The predicted molar refractivity (Wildman–Crippen MR) is 108 cm³/mol. The summed E-state index contributed by atoms with van der Waals surface area (Å²) in [5.74, 6) is 0.792. The largest absolute Gasteiger partial charge is 0.340 e. The number of aryl methyl sites for hydroxylation is 2. The first kappa shape index (κ1) is 16.4. The first-order valence-corrected chi connectivity index (χ1v) is 9.25. The maximum atomic E-state index is 4.81. The molecule has 4 nitrogen and oxygen atoms in total. The van der Waals surface area contributed by atoms with Crippen LogP contribution >= 0.6 is 11.3 Å². The van der Waals surface area contributed by atoms with Crippen LogP contribution in [0.4, 0.5) is 11.5 Å². The highest BCUT2D eigenvalue weighted by molar-refractivity contribution is 7.13. The zero-order chi connectivity index (χ0) is 17.9. The van der Waals surface area contributed by atoms with Gasteiger partial charge in [0.2, 0.25) is 0 Å². The Morgan fingerprint density at radius 3 is 2.50 bits per heavy atom. The molecule has 0 saturated heterocycles. The van der Waals surface area contributed by atoms with E-state index in [0.29, 0.717) is 0 Å². The van der Waals surface area contributed by atoms with Crippen molar-refractivity contribution in [3.05, 3.63) is 77.6 Å². The summed E-state index contributed by atoms with van der Waals surface area (Å²) in [4.78, 5) is 13.2. The van der Waals surface area contributed by atoms with Crippen molar-refractivity contribution < 1.29 is 0 Å². The van der Waals surface area contributed by atoms with Crippen LogP contribution in [0.3, 0.4) is 0 Å². The van der Waals surface area contributed by atoms with Gasteiger partial charge in [-0.25, -0.2) is 15.0 Å². The minimum atomic E-state index is 0.792. The van der Waals surface area contributed by atoms with Crippen LogP contribution < -0.4 is 5.32 Å². The molecule has 0 amide bonds. The van der Waals surface area contributed by atoms with Gasteiger partial charge in [-0.1, -0.05) is 36.4 Å². The third kappa shape index (κ3) is 3.48. The van der Waals surface area contributed by atoms with Crippen LogP contribution in [0.15, 0.2) is 66.3 Å². The van der Waals surface area contributed by atoms with Crippen molar-refractivity contribution in [3.63, 3.8) is 0 Å². The molecule has 0 aliphatic heterocycles. The van der Waals surface area contributed by atoms with Crippen molar-refractivity contribution >= 4 is 22.8 Å². The van der Waals surface area contributed by atoms with Gasteiger partial charge in [0.05, 0.1) is 5.69 Å². The lowest BCUT2D eigenvalue weighted by atomic mass is 10.1. The third-order valence-electron chi connectivity index (χ3n) is 4.14. The molecular weight excluding hydrogens is 340 g/mol. The maximum Gasteiger partial charge on any atom is 0.133 e.